The molecule has 0 saturated heterocycles. The molecular formula is C21H25N5O3S. The van der Waals surface area contributed by atoms with Crippen molar-refractivity contribution in [1.82, 2.24) is 24.5 Å². The summed E-state index contributed by atoms with van der Waals surface area (Å²) < 4.78 is 6.90. The Balaban J connectivity index is 1.63. The van der Waals surface area contributed by atoms with Crippen LogP contribution >= 0.6 is 11.8 Å². The van der Waals surface area contributed by atoms with Gasteiger partial charge in [0.2, 0.25) is 5.16 Å². The van der Waals surface area contributed by atoms with Crippen molar-refractivity contribution < 1.29 is 14.3 Å². The number of carbonyl (C=O) groups is 2. The van der Waals surface area contributed by atoms with Gasteiger partial charge in [-0.25, -0.2) is 9.50 Å². The quantitative estimate of drug-likeness (QED) is 0.403. The van der Waals surface area contributed by atoms with Crippen LogP contribution in [0.1, 0.15) is 29.4 Å². The van der Waals surface area contributed by atoms with E-state index in [9.17, 15) is 9.59 Å². The zero-order valence-electron chi connectivity index (χ0n) is 17.6. The fourth-order valence-corrected chi connectivity index (χ4v) is 3.48. The molecule has 8 nitrogen and oxygen atoms in total. The summed E-state index contributed by atoms with van der Waals surface area (Å²) in [6, 6.07) is 9.72. The van der Waals surface area contributed by atoms with Crippen LogP contribution in [-0.4, -0.2) is 55.8 Å². The van der Waals surface area contributed by atoms with Gasteiger partial charge in [-0.3, -0.25) is 9.59 Å². The van der Waals surface area contributed by atoms with Crippen molar-refractivity contribution in [2.75, 3.05) is 19.4 Å². The number of nitrogens with zero attached hydrogens (tertiary/aromatic N) is 5. The molecule has 0 aliphatic heterocycles. The van der Waals surface area contributed by atoms with Crippen molar-refractivity contribution in [2.24, 2.45) is 0 Å². The number of hydrogen-bond acceptors (Lipinski definition) is 7. The lowest BCUT2D eigenvalue weighted by molar-refractivity contribution is -0.151. The molecule has 30 heavy (non-hydrogen) atoms. The van der Waals surface area contributed by atoms with E-state index >= 15 is 0 Å². The minimum Gasteiger partial charge on any atom is -0.455 e. The molecule has 0 bridgehead atoms. The fraction of sp³-hybridized carbons (Fsp3) is 0.381. The first kappa shape index (κ1) is 21.8. The second kappa shape index (κ2) is 9.71. The first-order chi connectivity index (χ1) is 14.4. The van der Waals surface area contributed by atoms with Gasteiger partial charge in [0.05, 0.1) is 6.42 Å². The third-order valence-electron chi connectivity index (χ3n) is 4.84. The number of ether oxygens (including phenoxy) is 1. The van der Waals surface area contributed by atoms with Crippen LogP contribution in [-0.2, 0) is 27.3 Å². The zero-order valence-corrected chi connectivity index (χ0v) is 18.4. The summed E-state index contributed by atoms with van der Waals surface area (Å²) in [4.78, 5) is 35.3. The summed E-state index contributed by atoms with van der Waals surface area (Å²) in [5.74, 6) is -0.199. The molecule has 1 amide bonds. The molecule has 0 spiro atoms. The number of carbonyl (C=O) groups excluding carboxylic acids is 2. The molecule has 0 radical (unpaired) electrons. The van der Waals surface area contributed by atoms with Gasteiger partial charge >= 0.3 is 5.97 Å². The number of amides is 1. The molecule has 1 aromatic carbocycles. The van der Waals surface area contributed by atoms with Crippen LogP contribution < -0.4 is 0 Å². The molecule has 2 aromatic heterocycles. The van der Waals surface area contributed by atoms with E-state index in [1.807, 2.05) is 57.4 Å². The predicted molar refractivity (Wildman–Crippen MR) is 114 cm³/mol. The minimum atomic E-state index is -0.475. The van der Waals surface area contributed by atoms with Crippen LogP contribution in [0.2, 0.25) is 0 Å². The third kappa shape index (κ3) is 4.96. The average molecular weight is 428 g/mol. The molecular weight excluding hydrogens is 402 g/mol. The average Bonchev–Trinajstić information content (AvgIpc) is 3.17. The summed E-state index contributed by atoms with van der Waals surface area (Å²) in [6.45, 7) is 6.33. The summed E-state index contributed by atoms with van der Waals surface area (Å²) in [5, 5.41) is 5.00. The van der Waals surface area contributed by atoms with Crippen molar-refractivity contribution in [3.8, 4) is 0 Å². The normalized spacial score (nSPS) is 10.9. The van der Waals surface area contributed by atoms with Crippen LogP contribution in [0.25, 0.3) is 5.78 Å². The van der Waals surface area contributed by atoms with Gasteiger partial charge in [0, 0.05) is 30.0 Å². The Kier molecular flexibility index (Phi) is 7.04. The fourth-order valence-electron chi connectivity index (χ4n) is 3.14. The number of likely N-dealkylation sites (N-methyl/N-ethyl adjacent to an activating group) is 1. The maximum Gasteiger partial charge on any atom is 0.310 e. The van der Waals surface area contributed by atoms with E-state index < -0.39 is 5.97 Å². The highest BCUT2D eigenvalue weighted by Gasteiger charge is 2.19. The maximum absolute atomic E-state index is 12.5. The molecule has 158 valence electrons. The Labute approximate surface area is 179 Å². The van der Waals surface area contributed by atoms with E-state index in [1.54, 1.807) is 9.42 Å². The van der Waals surface area contributed by atoms with Gasteiger partial charge in [-0.05, 0) is 32.6 Å². The lowest BCUT2D eigenvalue weighted by Gasteiger charge is -2.21. The van der Waals surface area contributed by atoms with E-state index in [0.717, 1.165) is 16.8 Å². The summed E-state index contributed by atoms with van der Waals surface area (Å²) in [7, 11) is 0. The largest absolute Gasteiger partial charge is 0.455 e. The molecule has 0 fully saturated rings. The van der Waals surface area contributed by atoms with E-state index in [2.05, 4.69) is 15.1 Å². The number of aromatic nitrogens is 4. The van der Waals surface area contributed by atoms with Crippen LogP contribution in [0.5, 0.6) is 0 Å². The molecule has 0 aliphatic rings. The molecule has 0 N–H and O–H groups in total. The first-order valence-corrected chi connectivity index (χ1v) is 10.9. The second-order valence-corrected chi connectivity index (χ2v) is 7.58. The highest BCUT2D eigenvalue weighted by molar-refractivity contribution is 7.98. The van der Waals surface area contributed by atoms with Gasteiger partial charge in [0.1, 0.15) is 0 Å². The number of esters is 1. The lowest BCUT2D eigenvalue weighted by Crippen LogP contribution is -2.34. The predicted octanol–water partition coefficient (Wildman–Crippen LogP) is 2.60. The SMILES string of the molecule is CCN(Cc1ccccc1)C(=O)COC(=O)Cc1c(C)nc2nc(SC)nn2c1C. The van der Waals surface area contributed by atoms with Crippen LogP contribution in [0, 0.1) is 13.8 Å². The Morgan fingerprint density at radius 1 is 1.17 bits per heavy atom. The Hall–Kier alpha value is -2.94. The molecule has 2 heterocycles. The second-order valence-electron chi connectivity index (χ2n) is 6.80. The topological polar surface area (TPSA) is 89.7 Å². The summed E-state index contributed by atoms with van der Waals surface area (Å²) in [6.07, 6.45) is 1.91. The standard InChI is InChI=1S/C21H25N5O3S/c1-5-25(12-16-9-7-6-8-10-16)18(27)13-29-19(28)11-17-14(2)22-20-23-21(30-4)24-26(20)15(17)3/h6-10H,5,11-13H2,1-4H3. The van der Waals surface area contributed by atoms with E-state index in [0.29, 0.717) is 29.7 Å². The Bertz CT molecular complexity index is 1050. The Morgan fingerprint density at radius 3 is 2.57 bits per heavy atom. The lowest BCUT2D eigenvalue weighted by atomic mass is 10.1. The van der Waals surface area contributed by atoms with Gasteiger partial charge in [-0.1, -0.05) is 42.1 Å². The van der Waals surface area contributed by atoms with Crippen molar-refractivity contribution >= 4 is 29.4 Å². The van der Waals surface area contributed by atoms with E-state index in [-0.39, 0.29) is 18.9 Å². The smallest absolute Gasteiger partial charge is 0.310 e. The summed E-state index contributed by atoms with van der Waals surface area (Å²) >= 11 is 1.43. The molecule has 0 atom stereocenters. The highest BCUT2D eigenvalue weighted by atomic mass is 32.2. The van der Waals surface area contributed by atoms with E-state index in [4.69, 9.17) is 4.74 Å². The zero-order chi connectivity index (χ0) is 21.7. The van der Waals surface area contributed by atoms with Gasteiger partial charge in [-0.2, -0.15) is 4.98 Å². The number of fused-ring (bicyclic) bond motifs is 1. The number of aryl methyl sites for hydroxylation is 2. The monoisotopic (exact) mass is 427 g/mol. The number of benzene rings is 1. The number of hydrogen-bond donors (Lipinski definition) is 0. The molecule has 9 heteroatoms. The number of thioether (sulfide) groups is 1. The molecule has 0 saturated carbocycles. The van der Waals surface area contributed by atoms with Crippen LogP contribution in [0.4, 0.5) is 0 Å². The van der Waals surface area contributed by atoms with Crippen molar-refractivity contribution in [2.45, 2.75) is 38.9 Å². The van der Waals surface area contributed by atoms with Crippen LogP contribution in [0.15, 0.2) is 35.5 Å². The van der Waals surface area contributed by atoms with Gasteiger partial charge in [-0.15, -0.1) is 5.10 Å². The van der Waals surface area contributed by atoms with Gasteiger partial charge in [0.15, 0.2) is 6.61 Å². The third-order valence-corrected chi connectivity index (χ3v) is 5.38. The number of rotatable bonds is 8. The van der Waals surface area contributed by atoms with Crippen molar-refractivity contribution in [3.63, 3.8) is 0 Å². The Morgan fingerprint density at radius 2 is 1.90 bits per heavy atom. The van der Waals surface area contributed by atoms with Crippen LogP contribution in [0.3, 0.4) is 0 Å². The van der Waals surface area contributed by atoms with E-state index in [1.165, 1.54) is 11.8 Å². The van der Waals surface area contributed by atoms with Crippen molar-refractivity contribution in [3.05, 3.63) is 52.8 Å². The highest BCUT2D eigenvalue weighted by Crippen LogP contribution is 2.17. The molecule has 0 unspecified atom stereocenters. The molecule has 0 aliphatic carbocycles. The van der Waals surface area contributed by atoms with Gasteiger partial charge < -0.3 is 9.64 Å². The minimum absolute atomic E-state index is 0.0210. The molecule has 3 aromatic rings. The summed E-state index contributed by atoms with van der Waals surface area (Å²) in [5.41, 5.74) is 3.24. The van der Waals surface area contributed by atoms with Gasteiger partial charge in [0.25, 0.3) is 11.7 Å². The molecule has 3 rings (SSSR count). The maximum atomic E-state index is 12.5. The van der Waals surface area contributed by atoms with Crippen molar-refractivity contribution in [1.29, 1.82) is 0 Å². The first-order valence-electron chi connectivity index (χ1n) is 9.67.